The van der Waals surface area contributed by atoms with Gasteiger partial charge in [-0.05, 0) is 34.7 Å². The van der Waals surface area contributed by atoms with E-state index in [-0.39, 0.29) is 0 Å². The summed E-state index contributed by atoms with van der Waals surface area (Å²) in [4.78, 5) is 6.57. The summed E-state index contributed by atoms with van der Waals surface area (Å²) in [6.07, 6.45) is 6.23. The number of anilines is 1. The van der Waals surface area contributed by atoms with Crippen molar-refractivity contribution in [2.24, 2.45) is 0 Å². The first-order valence-electron chi connectivity index (χ1n) is 3.88. The highest BCUT2D eigenvalue weighted by molar-refractivity contribution is 14.1. The van der Waals surface area contributed by atoms with Crippen LogP contribution in [-0.4, -0.2) is 18.1 Å². The third kappa shape index (κ3) is 1.60. The molecule has 0 fully saturated rings. The molecule has 0 saturated heterocycles. The number of hydrogen-bond donors (Lipinski definition) is 0. The number of hydrogen-bond acceptors (Lipinski definition) is 2. The van der Waals surface area contributed by atoms with Crippen LogP contribution >= 0.6 is 22.6 Å². The van der Waals surface area contributed by atoms with Gasteiger partial charge in [-0.1, -0.05) is 12.2 Å². The van der Waals surface area contributed by atoms with E-state index >= 15 is 0 Å². The monoisotopic (exact) mass is 272 g/mol. The van der Waals surface area contributed by atoms with Crippen LogP contribution in [-0.2, 0) is 0 Å². The fourth-order valence-electron chi connectivity index (χ4n) is 1.22. The van der Waals surface area contributed by atoms with Crippen molar-refractivity contribution in [2.75, 3.05) is 18.0 Å². The lowest BCUT2D eigenvalue weighted by molar-refractivity contribution is 0.968. The Labute approximate surface area is 85.4 Å². The molecule has 0 spiro atoms. The lowest BCUT2D eigenvalue weighted by Crippen LogP contribution is -2.19. The summed E-state index contributed by atoms with van der Waals surface area (Å²) in [6, 6.07) is 4.15. The molecule has 62 valence electrons. The van der Waals surface area contributed by atoms with Crippen LogP contribution in [0.25, 0.3) is 0 Å². The summed E-state index contributed by atoms with van der Waals surface area (Å²) in [5.74, 6) is 1.07. The van der Waals surface area contributed by atoms with Gasteiger partial charge in [0.25, 0.3) is 0 Å². The first-order valence-corrected chi connectivity index (χ1v) is 4.95. The Morgan fingerprint density at radius 1 is 1.25 bits per heavy atom. The number of aromatic nitrogens is 1. The molecule has 0 unspecified atom stereocenters. The van der Waals surface area contributed by atoms with Crippen molar-refractivity contribution in [3.05, 3.63) is 34.1 Å². The second kappa shape index (κ2) is 3.43. The first kappa shape index (κ1) is 8.04. The summed E-state index contributed by atoms with van der Waals surface area (Å²) in [6.45, 7) is 1.99. The van der Waals surface area contributed by atoms with Crippen molar-refractivity contribution < 1.29 is 0 Å². The summed E-state index contributed by atoms with van der Waals surface area (Å²) in [5.41, 5.74) is 0. The van der Waals surface area contributed by atoms with Crippen molar-refractivity contribution in [3.8, 4) is 0 Å². The van der Waals surface area contributed by atoms with Crippen LogP contribution in [0.3, 0.4) is 0 Å². The second-order valence-corrected chi connectivity index (χ2v) is 3.96. The molecule has 0 aromatic carbocycles. The molecule has 0 aliphatic carbocycles. The Hall–Kier alpha value is -0.580. The van der Waals surface area contributed by atoms with E-state index in [1.807, 2.05) is 6.20 Å². The van der Waals surface area contributed by atoms with Crippen molar-refractivity contribution >= 4 is 28.4 Å². The van der Waals surface area contributed by atoms with Crippen molar-refractivity contribution in [3.63, 3.8) is 0 Å². The highest BCUT2D eigenvalue weighted by Gasteiger charge is 2.07. The Balaban J connectivity index is 2.18. The minimum absolute atomic E-state index is 0.994. The minimum Gasteiger partial charge on any atom is -0.349 e. The third-order valence-electron chi connectivity index (χ3n) is 1.85. The predicted molar refractivity (Wildman–Crippen MR) is 58.3 cm³/mol. The van der Waals surface area contributed by atoms with E-state index < -0.39 is 0 Å². The van der Waals surface area contributed by atoms with E-state index in [0.717, 1.165) is 18.9 Å². The topological polar surface area (TPSA) is 16.1 Å². The molecule has 0 bridgehead atoms. The van der Waals surface area contributed by atoms with E-state index in [9.17, 15) is 0 Å². The molecule has 0 saturated carbocycles. The normalized spacial score (nSPS) is 15.6. The number of pyridine rings is 1. The lowest BCUT2D eigenvalue weighted by Gasteiger charge is -2.15. The van der Waals surface area contributed by atoms with Gasteiger partial charge in [-0.15, -0.1) is 0 Å². The van der Waals surface area contributed by atoms with Gasteiger partial charge in [-0.2, -0.15) is 0 Å². The molecule has 2 heterocycles. The van der Waals surface area contributed by atoms with E-state index in [4.69, 9.17) is 0 Å². The summed E-state index contributed by atoms with van der Waals surface area (Å²) in [7, 11) is 0. The number of halogens is 1. The zero-order chi connectivity index (χ0) is 8.39. The Morgan fingerprint density at radius 3 is 2.58 bits per heavy atom. The molecular formula is C9H9IN2. The van der Waals surface area contributed by atoms with Crippen molar-refractivity contribution in [1.29, 1.82) is 0 Å². The minimum atomic E-state index is 0.994. The van der Waals surface area contributed by atoms with Crippen molar-refractivity contribution in [2.45, 2.75) is 0 Å². The third-order valence-corrected chi connectivity index (χ3v) is 2.49. The van der Waals surface area contributed by atoms with Crippen LogP contribution in [0, 0.1) is 3.57 Å². The van der Waals surface area contributed by atoms with E-state index in [1.165, 1.54) is 3.57 Å². The Kier molecular flexibility index (Phi) is 2.30. The fraction of sp³-hybridized carbons (Fsp3) is 0.222. The molecule has 2 nitrogen and oxygen atoms in total. The molecule has 0 amide bonds. The molecule has 1 aliphatic heterocycles. The van der Waals surface area contributed by atoms with Crippen LogP contribution in [0.15, 0.2) is 30.5 Å². The standard InChI is InChI=1S/C9H9IN2/c10-8-3-4-9(11-7-8)12-5-1-2-6-12/h1-4,7H,5-6H2. The van der Waals surface area contributed by atoms with Gasteiger partial charge in [0, 0.05) is 22.9 Å². The predicted octanol–water partition coefficient (Wildman–Crippen LogP) is 2.06. The average molecular weight is 272 g/mol. The van der Waals surface area contributed by atoms with Gasteiger partial charge < -0.3 is 4.90 Å². The molecule has 1 aliphatic rings. The van der Waals surface area contributed by atoms with E-state index in [0.29, 0.717) is 0 Å². The molecule has 2 rings (SSSR count). The summed E-state index contributed by atoms with van der Waals surface area (Å²) >= 11 is 2.26. The fourth-order valence-corrected chi connectivity index (χ4v) is 1.54. The van der Waals surface area contributed by atoms with Gasteiger partial charge >= 0.3 is 0 Å². The zero-order valence-corrected chi connectivity index (χ0v) is 8.73. The van der Waals surface area contributed by atoms with Gasteiger partial charge in [0.05, 0.1) is 0 Å². The average Bonchev–Trinajstić information content (AvgIpc) is 2.58. The lowest BCUT2D eigenvalue weighted by atomic mass is 10.4. The van der Waals surface area contributed by atoms with Crippen LogP contribution in [0.5, 0.6) is 0 Å². The van der Waals surface area contributed by atoms with Gasteiger partial charge in [0.2, 0.25) is 0 Å². The first-order chi connectivity index (χ1) is 5.86. The smallest absolute Gasteiger partial charge is 0.129 e. The molecule has 3 heteroatoms. The number of nitrogens with zero attached hydrogens (tertiary/aromatic N) is 2. The highest BCUT2D eigenvalue weighted by Crippen LogP contribution is 2.14. The van der Waals surface area contributed by atoms with Crippen molar-refractivity contribution in [1.82, 2.24) is 4.98 Å². The molecule has 1 aromatic heterocycles. The zero-order valence-electron chi connectivity index (χ0n) is 6.57. The maximum absolute atomic E-state index is 4.34. The molecule has 0 radical (unpaired) electrons. The van der Waals surface area contributed by atoms with Gasteiger partial charge in [-0.3, -0.25) is 0 Å². The summed E-state index contributed by atoms with van der Waals surface area (Å²) < 4.78 is 1.18. The maximum Gasteiger partial charge on any atom is 0.129 e. The molecule has 1 aromatic rings. The van der Waals surface area contributed by atoms with Crippen LogP contribution in [0.4, 0.5) is 5.82 Å². The Morgan fingerprint density at radius 2 is 2.00 bits per heavy atom. The molecular weight excluding hydrogens is 263 g/mol. The quantitative estimate of drug-likeness (QED) is 0.574. The maximum atomic E-state index is 4.34. The van der Waals surface area contributed by atoms with Crippen LogP contribution < -0.4 is 4.90 Å². The second-order valence-electron chi connectivity index (χ2n) is 2.71. The van der Waals surface area contributed by atoms with Crippen LogP contribution in [0.1, 0.15) is 0 Å². The SMILES string of the molecule is Ic1ccc(N2CC=CC2)nc1. The van der Waals surface area contributed by atoms with Gasteiger partial charge in [0.15, 0.2) is 0 Å². The summed E-state index contributed by atoms with van der Waals surface area (Å²) in [5, 5.41) is 0. The molecule has 0 N–H and O–H groups in total. The molecule has 12 heavy (non-hydrogen) atoms. The number of rotatable bonds is 1. The van der Waals surface area contributed by atoms with Gasteiger partial charge in [-0.25, -0.2) is 4.98 Å². The van der Waals surface area contributed by atoms with E-state index in [1.54, 1.807) is 0 Å². The van der Waals surface area contributed by atoms with E-state index in [2.05, 4.69) is 56.8 Å². The Bertz CT molecular complexity index is 284. The van der Waals surface area contributed by atoms with Gasteiger partial charge in [0.1, 0.15) is 5.82 Å². The molecule has 0 atom stereocenters. The highest BCUT2D eigenvalue weighted by atomic mass is 127. The largest absolute Gasteiger partial charge is 0.349 e. The van der Waals surface area contributed by atoms with Crippen LogP contribution in [0.2, 0.25) is 0 Å².